The Bertz CT molecular complexity index is 398. The maximum Gasteiger partial charge on any atom is 0.349 e. The predicted octanol–water partition coefficient (Wildman–Crippen LogP) is 0.395. The number of nitrogens with zero attached hydrogens (tertiary/aromatic N) is 3. The van der Waals surface area contributed by atoms with Crippen LogP contribution in [0.15, 0.2) is 4.79 Å². The molecule has 5 heteroatoms. The van der Waals surface area contributed by atoms with Gasteiger partial charge in [-0.2, -0.15) is 4.98 Å². The summed E-state index contributed by atoms with van der Waals surface area (Å²) >= 11 is 0. The van der Waals surface area contributed by atoms with E-state index < -0.39 is 0 Å². The van der Waals surface area contributed by atoms with E-state index in [1.165, 1.54) is 16.7 Å². The molecule has 0 saturated carbocycles. The molecule has 0 N–H and O–H groups in total. The van der Waals surface area contributed by atoms with E-state index in [0.717, 1.165) is 11.3 Å². The zero-order valence-electron chi connectivity index (χ0n) is 9.16. The molecule has 0 bridgehead atoms. The van der Waals surface area contributed by atoms with Crippen molar-refractivity contribution in [3.8, 4) is 0 Å². The van der Waals surface area contributed by atoms with Crippen molar-refractivity contribution in [2.24, 2.45) is 7.05 Å². The van der Waals surface area contributed by atoms with Gasteiger partial charge in [0.1, 0.15) is 0 Å². The maximum absolute atomic E-state index is 11.4. The van der Waals surface area contributed by atoms with Crippen LogP contribution in [0.5, 0.6) is 0 Å². The van der Waals surface area contributed by atoms with Gasteiger partial charge in [0.05, 0.1) is 7.11 Å². The first-order valence-electron chi connectivity index (χ1n) is 4.31. The molecule has 0 fully saturated rings. The molecule has 0 aliphatic rings. The zero-order chi connectivity index (χ0) is 10.9. The summed E-state index contributed by atoms with van der Waals surface area (Å²) in [6, 6.07) is 0. The summed E-state index contributed by atoms with van der Waals surface area (Å²) < 4.78 is 1.52. The first-order valence-corrected chi connectivity index (χ1v) is 4.31. The second-order valence-corrected chi connectivity index (χ2v) is 3.17. The number of rotatable bonds is 2. The highest BCUT2D eigenvalue weighted by Crippen LogP contribution is 2.15. The molecule has 0 aromatic carbocycles. The van der Waals surface area contributed by atoms with Gasteiger partial charge in [0, 0.05) is 25.4 Å². The maximum atomic E-state index is 11.4. The van der Waals surface area contributed by atoms with Crippen molar-refractivity contribution in [1.82, 2.24) is 9.55 Å². The highest BCUT2D eigenvalue weighted by molar-refractivity contribution is 5.44. The molecule has 0 aliphatic carbocycles. The Morgan fingerprint density at radius 2 is 2.00 bits per heavy atom. The van der Waals surface area contributed by atoms with Gasteiger partial charge < -0.3 is 0 Å². The van der Waals surface area contributed by atoms with Crippen molar-refractivity contribution in [1.29, 1.82) is 0 Å². The van der Waals surface area contributed by atoms with Crippen molar-refractivity contribution >= 4 is 5.82 Å². The van der Waals surface area contributed by atoms with Crippen LogP contribution in [-0.2, 0) is 11.9 Å². The summed E-state index contributed by atoms with van der Waals surface area (Å²) in [7, 11) is 4.95. The molecule has 0 aliphatic heterocycles. The lowest BCUT2D eigenvalue weighted by Crippen LogP contribution is -2.28. The smallest absolute Gasteiger partial charge is 0.299 e. The molecule has 0 amide bonds. The molecule has 5 nitrogen and oxygen atoms in total. The topological polar surface area (TPSA) is 47.4 Å². The average molecular weight is 197 g/mol. The van der Waals surface area contributed by atoms with E-state index in [-0.39, 0.29) is 5.69 Å². The summed E-state index contributed by atoms with van der Waals surface area (Å²) in [6.07, 6.45) is 0. The third kappa shape index (κ3) is 1.63. The molecular weight excluding hydrogens is 182 g/mol. The van der Waals surface area contributed by atoms with Crippen LogP contribution in [-0.4, -0.2) is 23.7 Å². The molecule has 0 spiro atoms. The Kier molecular flexibility index (Phi) is 2.90. The first kappa shape index (κ1) is 10.7. The van der Waals surface area contributed by atoms with E-state index >= 15 is 0 Å². The van der Waals surface area contributed by atoms with E-state index in [0.29, 0.717) is 5.82 Å². The van der Waals surface area contributed by atoms with Crippen molar-refractivity contribution in [2.75, 3.05) is 19.2 Å². The summed E-state index contributed by atoms with van der Waals surface area (Å²) in [5, 5.41) is 1.48. The molecule has 1 aromatic rings. The van der Waals surface area contributed by atoms with E-state index in [4.69, 9.17) is 4.84 Å². The lowest BCUT2D eigenvalue weighted by Gasteiger charge is -2.18. The van der Waals surface area contributed by atoms with Crippen molar-refractivity contribution in [3.05, 3.63) is 21.7 Å². The molecule has 78 valence electrons. The van der Waals surface area contributed by atoms with Crippen LogP contribution in [0.2, 0.25) is 0 Å². The van der Waals surface area contributed by atoms with Crippen molar-refractivity contribution in [2.45, 2.75) is 13.8 Å². The molecular formula is C9H15N3O2. The number of anilines is 1. The van der Waals surface area contributed by atoms with Gasteiger partial charge in [-0.25, -0.2) is 9.86 Å². The zero-order valence-corrected chi connectivity index (χ0v) is 9.16. The van der Waals surface area contributed by atoms with E-state index in [9.17, 15) is 4.79 Å². The van der Waals surface area contributed by atoms with Gasteiger partial charge in [-0.1, -0.05) is 0 Å². The van der Waals surface area contributed by atoms with Gasteiger partial charge >= 0.3 is 5.69 Å². The fraction of sp³-hybridized carbons (Fsp3) is 0.556. The summed E-state index contributed by atoms with van der Waals surface area (Å²) in [4.78, 5) is 20.3. The Hall–Kier alpha value is -1.36. The minimum absolute atomic E-state index is 0.271. The summed E-state index contributed by atoms with van der Waals surface area (Å²) in [5.41, 5.74) is 1.56. The van der Waals surface area contributed by atoms with E-state index in [2.05, 4.69) is 4.98 Å². The lowest BCUT2D eigenvalue weighted by atomic mass is 10.2. The number of hydrogen-bond acceptors (Lipinski definition) is 4. The largest absolute Gasteiger partial charge is 0.349 e. The highest BCUT2D eigenvalue weighted by Gasteiger charge is 2.11. The van der Waals surface area contributed by atoms with Gasteiger partial charge in [0.25, 0.3) is 0 Å². The molecule has 1 heterocycles. The van der Waals surface area contributed by atoms with Crippen LogP contribution in [0.4, 0.5) is 5.82 Å². The Morgan fingerprint density at radius 3 is 2.50 bits per heavy atom. The minimum Gasteiger partial charge on any atom is -0.299 e. The Morgan fingerprint density at radius 1 is 1.43 bits per heavy atom. The SMILES string of the molecule is CON(C)c1nc(=O)n(C)c(C)c1C. The van der Waals surface area contributed by atoms with Crippen LogP contribution >= 0.6 is 0 Å². The minimum atomic E-state index is -0.271. The fourth-order valence-electron chi connectivity index (χ4n) is 1.20. The lowest BCUT2D eigenvalue weighted by molar-refractivity contribution is 0.181. The van der Waals surface area contributed by atoms with E-state index in [1.54, 1.807) is 14.1 Å². The monoisotopic (exact) mass is 197 g/mol. The Labute approximate surface area is 82.9 Å². The van der Waals surface area contributed by atoms with Gasteiger partial charge in [0.2, 0.25) is 0 Å². The van der Waals surface area contributed by atoms with Gasteiger partial charge in [0.15, 0.2) is 5.82 Å². The second kappa shape index (κ2) is 3.79. The van der Waals surface area contributed by atoms with Crippen molar-refractivity contribution < 1.29 is 4.84 Å². The van der Waals surface area contributed by atoms with Crippen LogP contribution < -0.4 is 10.8 Å². The normalized spacial score (nSPS) is 10.4. The fourth-order valence-corrected chi connectivity index (χ4v) is 1.20. The van der Waals surface area contributed by atoms with E-state index in [1.807, 2.05) is 13.8 Å². The van der Waals surface area contributed by atoms with Crippen LogP contribution in [0.3, 0.4) is 0 Å². The van der Waals surface area contributed by atoms with Crippen LogP contribution in [0.1, 0.15) is 11.3 Å². The average Bonchev–Trinajstić information content (AvgIpc) is 2.19. The molecule has 1 rings (SSSR count). The van der Waals surface area contributed by atoms with Crippen LogP contribution in [0.25, 0.3) is 0 Å². The first-order chi connectivity index (χ1) is 6.49. The second-order valence-electron chi connectivity index (χ2n) is 3.17. The van der Waals surface area contributed by atoms with Crippen LogP contribution in [0, 0.1) is 13.8 Å². The number of aromatic nitrogens is 2. The molecule has 0 saturated heterocycles. The predicted molar refractivity (Wildman–Crippen MR) is 54.4 cm³/mol. The molecule has 0 atom stereocenters. The molecule has 0 radical (unpaired) electrons. The van der Waals surface area contributed by atoms with Gasteiger partial charge in [-0.3, -0.25) is 9.40 Å². The molecule has 0 unspecified atom stereocenters. The highest BCUT2D eigenvalue weighted by atomic mass is 16.7. The molecule has 14 heavy (non-hydrogen) atoms. The van der Waals surface area contributed by atoms with Gasteiger partial charge in [-0.05, 0) is 13.8 Å². The third-order valence-electron chi connectivity index (χ3n) is 2.44. The summed E-state index contributed by atoms with van der Waals surface area (Å²) in [6.45, 7) is 3.79. The third-order valence-corrected chi connectivity index (χ3v) is 2.44. The number of hydroxylamine groups is 1. The van der Waals surface area contributed by atoms with Gasteiger partial charge in [-0.15, -0.1) is 0 Å². The molecule has 1 aromatic heterocycles. The quantitative estimate of drug-likeness (QED) is 0.644. The number of hydrogen-bond donors (Lipinski definition) is 0. The Balaban J connectivity index is 3.40. The van der Waals surface area contributed by atoms with Crippen molar-refractivity contribution in [3.63, 3.8) is 0 Å². The standard InChI is InChI=1S/C9H15N3O2/c1-6-7(2)11(3)9(13)10-8(6)12(4)14-5/h1-5H3. The summed E-state index contributed by atoms with van der Waals surface area (Å²) in [5.74, 6) is 0.563.